The molecule has 1 N–H and O–H groups in total. The Morgan fingerprint density at radius 2 is 1.05 bits per heavy atom. The maximum absolute atomic E-state index is 13.8. The molecule has 0 aliphatic heterocycles. The van der Waals surface area contributed by atoms with Crippen LogP contribution in [0.3, 0.4) is 0 Å². The van der Waals surface area contributed by atoms with Gasteiger partial charge in [-0.05, 0) is 31.9 Å². The van der Waals surface area contributed by atoms with Crippen molar-refractivity contribution < 1.29 is 22.0 Å². The Labute approximate surface area is 123 Å². The molecule has 1 nitrogen and oxygen atoms in total. The van der Waals surface area contributed by atoms with Gasteiger partial charge in [-0.1, -0.05) is 17.7 Å². The van der Waals surface area contributed by atoms with E-state index in [1.54, 1.807) is 32.9 Å². The van der Waals surface area contributed by atoms with E-state index in [0.29, 0.717) is 11.1 Å². The van der Waals surface area contributed by atoms with E-state index in [1.165, 1.54) is 0 Å². The number of hydrogen-bond acceptors (Lipinski definition) is 1. The fourth-order valence-corrected chi connectivity index (χ4v) is 2.52. The van der Waals surface area contributed by atoms with Crippen LogP contribution in [-0.2, 0) is 0 Å². The van der Waals surface area contributed by atoms with E-state index < -0.39 is 40.4 Å². The molecule has 0 saturated carbocycles. The van der Waals surface area contributed by atoms with Crippen molar-refractivity contribution in [3.63, 3.8) is 0 Å². The number of halogens is 5. The number of nitrogens with one attached hydrogen (secondary N) is 1. The average molecular weight is 313 g/mol. The van der Waals surface area contributed by atoms with Crippen LogP contribution in [0.4, 0.5) is 22.0 Å². The summed E-state index contributed by atoms with van der Waals surface area (Å²) in [7, 11) is 0. The van der Waals surface area contributed by atoms with Crippen LogP contribution in [0.15, 0.2) is 12.1 Å². The molecule has 0 saturated heterocycles. The molecule has 6 heteroatoms. The van der Waals surface area contributed by atoms with Crippen LogP contribution in [0.1, 0.15) is 27.8 Å². The molecular formula is C16H12F5N. The summed E-state index contributed by atoms with van der Waals surface area (Å²) >= 11 is 0. The summed E-state index contributed by atoms with van der Waals surface area (Å²) in [6.45, 7) is 5.01. The van der Waals surface area contributed by atoms with Crippen LogP contribution in [0.2, 0.25) is 0 Å². The van der Waals surface area contributed by atoms with Crippen molar-refractivity contribution in [2.45, 2.75) is 20.8 Å². The highest BCUT2D eigenvalue weighted by Crippen LogP contribution is 2.27. The molecule has 2 rings (SSSR count). The van der Waals surface area contributed by atoms with E-state index in [4.69, 9.17) is 5.41 Å². The predicted octanol–water partition coefficient (Wildman–Crippen LogP) is 4.72. The molecule has 0 heterocycles. The minimum absolute atomic E-state index is 0.147. The van der Waals surface area contributed by atoms with Crippen LogP contribution in [-0.4, -0.2) is 5.71 Å². The van der Waals surface area contributed by atoms with Gasteiger partial charge in [0, 0.05) is 5.56 Å². The molecule has 0 bridgehead atoms. The zero-order valence-corrected chi connectivity index (χ0v) is 12.0. The fraction of sp³-hybridized carbons (Fsp3) is 0.188. The van der Waals surface area contributed by atoms with E-state index in [0.717, 1.165) is 5.56 Å². The van der Waals surface area contributed by atoms with E-state index >= 15 is 0 Å². The number of hydrogen-bond donors (Lipinski definition) is 1. The van der Waals surface area contributed by atoms with Crippen molar-refractivity contribution in [3.05, 3.63) is 69.0 Å². The summed E-state index contributed by atoms with van der Waals surface area (Å²) in [6, 6.07) is 3.34. The van der Waals surface area contributed by atoms with Crippen LogP contribution >= 0.6 is 0 Å². The zero-order valence-electron chi connectivity index (χ0n) is 12.0. The average Bonchev–Trinajstić information content (AvgIpc) is 2.42. The van der Waals surface area contributed by atoms with Gasteiger partial charge in [0.2, 0.25) is 5.82 Å². The number of rotatable bonds is 2. The third-order valence-electron chi connectivity index (χ3n) is 3.39. The summed E-state index contributed by atoms with van der Waals surface area (Å²) in [5, 5.41) is 7.93. The molecule has 0 aliphatic rings. The van der Waals surface area contributed by atoms with Crippen molar-refractivity contribution >= 4 is 5.71 Å². The van der Waals surface area contributed by atoms with Gasteiger partial charge >= 0.3 is 0 Å². The Kier molecular flexibility index (Phi) is 4.04. The molecule has 2 aromatic rings. The molecule has 22 heavy (non-hydrogen) atoms. The number of benzene rings is 2. The Hall–Kier alpha value is -2.24. The largest absolute Gasteiger partial charge is 0.299 e. The normalized spacial score (nSPS) is 10.9. The van der Waals surface area contributed by atoms with Gasteiger partial charge in [-0.15, -0.1) is 0 Å². The topological polar surface area (TPSA) is 23.9 Å². The lowest BCUT2D eigenvalue weighted by Gasteiger charge is -2.15. The predicted molar refractivity (Wildman–Crippen MR) is 72.8 cm³/mol. The van der Waals surface area contributed by atoms with Crippen molar-refractivity contribution in [2.75, 3.05) is 0 Å². The van der Waals surface area contributed by atoms with E-state index in [2.05, 4.69) is 0 Å². The van der Waals surface area contributed by atoms with Crippen LogP contribution in [0, 0.1) is 55.3 Å². The second-order valence-electron chi connectivity index (χ2n) is 5.09. The standard InChI is InChI=1S/C16H12F5N/c1-6-4-7(2)9(8(3)5-6)16(22)10-11(17)13(19)15(21)14(20)12(10)18/h4-5,22H,1-3H3. The lowest BCUT2D eigenvalue weighted by molar-refractivity contribution is 0.377. The highest BCUT2D eigenvalue weighted by atomic mass is 19.2. The van der Waals surface area contributed by atoms with Crippen LogP contribution in [0.5, 0.6) is 0 Å². The Bertz CT molecular complexity index is 744. The molecule has 0 aromatic heterocycles. The molecular weight excluding hydrogens is 301 g/mol. The van der Waals surface area contributed by atoms with E-state index in [1.807, 2.05) is 0 Å². The van der Waals surface area contributed by atoms with Gasteiger partial charge in [0.25, 0.3) is 0 Å². The highest BCUT2D eigenvalue weighted by Gasteiger charge is 2.29. The second kappa shape index (κ2) is 5.51. The van der Waals surface area contributed by atoms with Gasteiger partial charge in [-0.3, -0.25) is 5.41 Å². The fourth-order valence-electron chi connectivity index (χ4n) is 2.52. The molecule has 2 aromatic carbocycles. The van der Waals surface area contributed by atoms with Gasteiger partial charge in [-0.2, -0.15) is 0 Å². The third kappa shape index (κ3) is 2.38. The van der Waals surface area contributed by atoms with E-state index in [9.17, 15) is 22.0 Å². The third-order valence-corrected chi connectivity index (χ3v) is 3.39. The van der Waals surface area contributed by atoms with Crippen LogP contribution in [0.25, 0.3) is 0 Å². The van der Waals surface area contributed by atoms with E-state index in [-0.39, 0.29) is 5.56 Å². The SMILES string of the molecule is Cc1cc(C)c(C(=N)c2c(F)c(F)c(F)c(F)c2F)c(C)c1. The first-order valence-electron chi connectivity index (χ1n) is 6.35. The Morgan fingerprint density at radius 3 is 1.45 bits per heavy atom. The smallest absolute Gasteiger partial charge is 0.200 e. The van der Waals surface area contributed by atoms with Crippen molar-refractivity contribution in [1.29, 1.82) is 5.41 Å². The molecule has 0 unspecified atom stereocenters. The minimum Gasteiger partial charge on any atom is -0.299 e. The maximum atomic E-state index is 13.8. The minimum atomic E-state index is -2.23. The summed E-state index contributed by atoms with van der Waals surface area (Å²) < 4.78 is 67.3. The molecule has 0 fully saturated rings. The first-order chi connectivity index (χ1) is 10.2. The first kappa shape index (κ1) is 16.1. The van der Waals surface area contributed by atoms with Crippen molar-refractivity contribution in [1.82, 2.24) is 0 Å². The maximum Gasteiger partial charge on any atom is 0.200 e. The summed E-state index contributed by atoms with van der Waals surface area (Å²) in [5.41, 5.74) is 0.102. The summed E-state index contributed by atoms with van der Waals surface area (Å²) in [6.07, 6.45) is 0. The molecule has 0 aliphatic carbocycles. The zero-order chi connectivity index (χ0) is 16.8. The Balaban J connectivity index is 2.76. The Morgan fingerprint density at radius 1 is 0.682 bits per heavy atom. The van der Waals surface area contributed by atoms with Gasteiger partial charge in [0.15, 0.2) is 23.3 Å². The van der Waals surface area contributed by atoms with Crippen molar-refractivity contribution in [3.8, 4) is 0 Å². The molecule has 0 amide bonds. The summed E-state index contributed by atoms with van der Waals surface area (Å²) in [5.74, 6) is -10.3. The van der Waals surface area contributed by atoms with Crippen molar-refractivity contribution in [2.24, 2.45) is 0 Å². The summed E-state index contributed by atoms with van der Waals surface area (Å²) in [4.78, 5) is 0. The molecule has 116 valence electrons. The number of aryl methyl sites for hydroxylation is 3. The van der Waals surface area contributed by atoms with Gasteiger partial charge < -0.3 is 0 Å². The van der Waals surface area contributed by atoms with Gasteiger partial charge in [-0.25, -0.2) is 22.0 Å². The van der Waals surface area contributed by atoms with Gasteiger partial charge in [0.05, 0.1) is 11.3 Å². The van der Waals surface area contributed by atoms with Gasteiger partial charge in [0.1, 0.15) is 0 Å². The lowest BCUT2D eigenvalue weighted by Crippen LogP contribution is -2.15. The first-order valence-corrected chi connectivity index (χ1v) is 6.35. The monoisotopic (exact) mass is 313 g/mol. The molecule has 0 atom stereocenters. The highest BCUT2D eigenvalue weighted by molar-refractivity contribution is 6.13. The molecule has 0 radical (unpaired) electrons. The quantitative estimate of drug-likeness (QED) is 0.359. The lowest BCUT2D eigenvalue weighted by atomic mass is 9.92. The second-order valence-corrected chi connectivity index (χ2v) is 5.09. The molecule has 0 spiro atoms. The van der Waals surface area contributed by atoms with Crippen LogP contribution < -0.4 is 0 Å².